The molecule has 4 rings (SSSR count). The highest BCUT2D eigenvalue weighted by atomic mass is 16.5. The first-order chi connectivity index (χ1) is 14.0. The Morgan fingerprint density at radius 2 is 2.24 bits per heavy atom. The zero-order chi connectivity index (χ0) is 20.4. The maximum Gasteiger partial charge on any atom is 0.255 e. The summed E-state index contributed by atoms with van der Waals surface area (Å²) in [4.78, 5) is 23.4. The van der Waals surface area contributed by atoms with Crippen LogP contribution in [0.5, 0.6) is 11.5 Å². The van der Waals surface area contributed by atoms with E-state index in [4.69, 9.17) is 19.6 Å². The fourth-order valence-electron chi connectivity index (χ4n) is 3.41. The summed E-state index contributed by atoms with van der Waals surface area (Å²) in [6, 6.07) is 9.01. The van der Waals surface area contributed by atoms with Gasteiger partial charge in [-0.3, -0.25) is 9.59 Å². The molecule has 2 amide bonds. The number of nitrogens with one attached hydrogen (secondary N) is 1. The Morgan fingerprint density at radius 3 is 2.97 bits per heavy atom. The Labute approximate surface area is 166 Å². The van der Waals surface area contributed by atoms with E-state index in [2.05, 4.69) is 10.4 Å². The minimum absolute atomic E-state index is 0.100. The van der Waals surface area contributed by atoms with Crippen LogP contribution in [0.4, 0.5) is 5.82 Å². The van der Waals surface area contributed by atoms with Gasteiger partial charge in [0.2, 0.25) is 5.91 Å². The van der Waals surface area contributed by atoms with Gasteiger partial charge in [0.1, 0.15) is 18.1 Å². The molecule has 3 aromatic rings. The molecule has 29 heavy (non-hydrogen) atoms. The number of primary amides is 1. The summed E-state index contributed by atoms with van der Waals surface area (Å²) in [7, 11) is 1.51. The van der Waals surface area contributed by atoms with Gasteiger partial charge in [-0.25, -0.2) is 4.68 Å². The van der Waals surface area contributed by atoms with Crippen molar-refractivity contribution in [3.63, 3.8) is 0 Å². The molecule has 0 aliphatic carbocycles. The summed E-state index contributed by atoms with van der Waals surface area (Å²) < 4.78 is 17.9. The van der Waals surface area contributed by atoms with Crippen LogP contribution in [0.25, 0.3) is 0 Å². The quantitative estimate of drug-likeness (QED) is 0.629. The van der Waals surface area contributed by atoms with Gasteiger partial charge in [0.25, 0.3) is 5.91 Å². The minimum atomic E-state index is -0.575. The van der Waals surface area contributed by atoms with Gasteiger partial charge in [0.15, 0.2) is 18.1 Å². The molecule has 9 heteroatoms. The van der Waals surface area contributed by atoms with Crippen LogP contribution in [0.15, 0.2) is 47.2 Å². The standard InChI is InChI=1S/C20H20N4O5/c1-27-17-7-12(4-5-16(17)29-11-18(21)25)14-8-19(26)23-20-15(14)9-22-24(20)10-13-3-2-6-28-13/h2-7,9,14H,8,10-11H2,1H3,(H2,21,25)(H,23,26)/t14-/m1/s1. The number of methoxy groups -OCH3 is 1. The van der Waals surface area contributed by atoms with Crippen molar-refractivity contribution in [2.75, 3.05) is 19.0 Å². The normalized spacial score (nSPS) is 15.5. The number of benzene rings is 1. The van der Waals surface area contributed by atoms with Crippen molar-refractivity contribution < 1.29 is 23.5 Å². The molecule has 0 bridgehead atoms. The van der Waals surface area contributed by atoms with Crippen LogP contribution in [0.1, 0.15) is 29.2 Å². The molecule has 1 atom stereocenters. The molecule has 150 valence electrons. The van der Waals surface area contributed by atoms with Crippen LogP contribution in [0, 0.1) is 0 Å². The molecule has 9 nitrogen and oxygen atoms in total. The zero-order valence-corrected chi connectivity index (χ0v) is 15.8. The number of nitrogens with two attached hydrogens (primary N) is 1. The van der Waals surface area contributed by atoms with Crippen LogP contribution >= 0.6 is 0 Å². The summed E-state index contributed by atoms with van der Waals surface area (Å²) in [6.45, 7) is 0.170. The monoisotopic (exact) mass is 396 g/mol. The lowest BCUT2D eigenvalue weighted by Crippen LogP contribution is -2.25. The lowest BCUT2D eigenvalue weighted by atomic mass is 9.87. The predicted octanol–water partition coefficient (Wildman–Crippen LogP) is 1.87. The molecule has 0 fully saturated rings. The third-order valence-electron chi connectivity index (χ3n) is 4.74. The number of carbonyl (C=O) groups is 2. The first-order valence-electron chi connectivity index (χ1n) is 9.02. The number of aromatic nitrogens is 2. The van der Waals surface area contributed by atoms with Crippen LogP contribution in [-0.2, 0) is 16.1 Å². The van der Waals surface area contributed by atoms with Crippen molar-refractivity contribution in [3.8, 4) is 11.5 Å². The number of amides is 2. The highest BCUT2D eigenvalue weighted by Crippen LogP contribution is 2.40. The van der Waals surface area contributed by atoms with Crippen LogP contribution in [0.2, 0.25) is 0 Å². The lowest BCUT2D eigenvalue weighted by molar-refractivity contribution is -0.120. The number of nitrogens with zero attached hydrogens (tertiary/aromatic N) is 2. The number of carbonyl (C=O) groups excluding carboxylic acids is 2. The Hall–Kier alpha value is -3.75. The van der Waals surface area contributed by atoms with Gasteiger partial charge in [0, 0.05) is 17.9 Å². The first kappa shape index (κ1) is 18.6. The maximum atomic E-state index is 12.4. The predicted molar refractivity (Wildman–Crippen MR) is 103 cm³/mol. The Kier molecular flexibility index (Phi) is 4.94. The molecule has 2 aromatic heterocycles. The van der Waals surface area contributed by atoms with Gasteiger partial charge < -0.3 is 24.9 Å². The van der Waals surface area contributed by atoms with E-state index in [1.165, 1.54) is 7.11 Å². The van der Waals surface area contributed by atoms with Gasteiger partial charge in [-0.1, -0.05) is 6.07 Å². The smallest absolute Gasteiger partial charge is 0.255 e. The van der Waals surface area contributed by atoms with Crippen molar-refractivity contribution in [2.45, 2.75) is 18.9 Å². The van der Waals surface area contributed by atoms with E-state index in [0.29, 0.717) is 23.9 Å². The molecule has 3 N–H and O–H groups in total. The zero-order valence-electron chi connectivity index (χ0n) is 15.8. The summed E-state index contributed by atoms with van der Waals surface area (Å²) >= 11 is 0. The fourth-order valence-corrected chi connectivity index (χ4v) is 3.41. The average molecular weight is 396 g/mol. The molecular weight excluding hydrogens is 376 g/mol. The van der Waals surface area contributed by atoms with Gasteiger partial charge in [0.05, 0.1) is 19.6 Å². The summed E-state index contributed by atoms with van der Waals surface area (Å²) in [5.41, 5.74) is 6.92. The van der Waals surface area contributed by atoms with E-state index >= 15 is 0 Å². The Bertz CT molecular complexity index is 1040. The molecule has 0 spiro atoms. The number of hydrogen-bond acceptors (Lipinski definition) is 6. The van der Waals surface area contributed by atoms with Crippen molar-refractivity contribution in [3.05, 3.63) is 59.7 Å². The number of rotatable bonds is 7. The molecular formula is C20H20N4O5. The largest absolute Gasteiger partial charge is 0.493 e. The SMILES string of the molecule is COc1cc([C@H]2CC(=O)Nc3c2cnn3Cc2ccco2)ccc1OCC(N)=O. The van der Waals surface area contributed by atoms with Crippen molar-refractivity contribution >= 4 is 17.6 Å². The van der Waals surface area contributed by atoms with Gasteiger partial charge in [-0.05, 0) is 29.8 Å². The molecule has 3 heterocycles. The minimum Gasteiger partial charge on any atom is -0.493 e. The van der Waals surface area contributed by atoms with E-state index in [1.54, 1.807) is 35.3 Å². The summed E-state index contributed by atoms with van der Waals surface area (Å²) in [6.07, 6.45) is 3.64. The Morgan fingerprint density at radius 1 is 1.38 bits per heavy atom. The first-order valence-corrected chi connectivity index (χ1v) is 9.02. The lowest BCUT2D eigenvalue weighted by Gasteiger charge is -2.24. The topological polar surface area (TPSA) is 122 Å². The second kappa shape index (κ2) is 7.70. The summed E-state index contributed by atoms with van der Waals surface area (Å²) in [5.74, 6) is 1.39. The number of furan rings is 1. The molecule has 0 radical (unpaired) electrons. The highest BCUT2D eigenvalue weighted by Gasteiger charge is 2.30. The van der Waals surface area contributed by atoms with E-state index in [1.807, 2.05) is 12.1 Å². The molecule has 1 aliphatic rings. The van der Waals surface area contributed by atoms with Crippen molar-refractivity contribution in [1.29, 1.82) is 0 Å². The van der Waals surface area contributed by atoms with E-state index in [-0.39, 0.29) is 24.9 Å². The molecule has 0 saturated heterocycles. The number of ether oxygens (including phenoxy) is 2. The maximum absolute atomic E-state index is 12.4. The number of anilines is 1. The van der Waals surface area contributed by atoms with Crippen molar-refractivity contribution in [1.82, 2.24) is 9.78 Å². The number of hydrogen-bond donors (Lipinski definition) is 2. The fraction of sp³-hybridized carbons (Fsp3) is 0.250. The van der Waals surface area contributed by atoms with Gasteiger partial charge >= 0.3 is 0 Å². The Balaban J connectivity index is 1.65. The highest BCUT2D eigenvalue weighted by molar-refractivity contribution is 5.94. The molecule has 0 unspecified atom stereocenters. The van der Waals surface area contributed by atoms with E-state index in [9.17, 15) is 9.59 Å². The molecule has 1 aromatic carbocycles. The number of fused-ring (bicyclic) bond motifs is 1. The van der Waals surface area contributed by atoms with Crippen LogP contribution in [-0.4, -0.2) is 35.3 Å². The average Bonchev–Trinajstić information content (AvgIpc) is 3.36. The van der Waals surface area contributed by atoms with E-state index in [0.717, 1.165) is 16.9 Å². The molecule has 1 aliphatic heterocycles. The second-order valence-corrected chi connectivity index (χ2v) is 6.66. The van der Waals surface area contributed by atoms with E-state index < -0.39 is 5.91 Å². The van der Waals surface area contributed by atoms with Crippen LogP contribution in [0.3, 0.4) is 0 Å². The van der Waals surface area contributed by atoms with Gasteiger partial charge in [-0.2, -0.15) is 5.10 Å². The third-order valence-corrected chi connectivity index (χ3v) is 4.74. The van der Waals surface area contributed by atoms with Crippen LogP contribution < -0.4 is 20.5 Å². The summed E-state index contributed by atoms with van der Waals surface area (Å²) in [5, 5.41) is 7.33. The third kappa shape index (κ3) is 3.79. The second-order valence-electron chi connectivity index (χ2n) is 6.66. The van der Waals surface area contributed by atoms with Gasteiger partial charge in [-0.15, -0.1) is 0 Å². The van der Waals surface area contributed by atoms with Crippen molar-refractivity contribution in [2.24, 2.45) is 5.73 Å². The molecule has 0 saturated carbocycles.